The number of halogens is 1. The van der Waals surface area contributed by atoms with E-state index in [4.69, 9.17) is 11.6 Å². The Hall–Kier alpha value is -1.99. The van der Waals surface area contributed by atoms with E-state index in [0.29, 0.717) is 28.6 Å². The first-order valence-corrected chi connectivity index (χ1v) is 9.56. The third-order valence-corrected chi connectivity index (χ3v) is 6.28. The Morgan fingerprint density at radius 1 is 1.32 bits per heavy atom. The number of amides is 3. The Labute approximate surface area is 154 Å². The van der Waals surface area contributed by atoms with Crippen LogP contribution in [0.1, 0.15) is 17.7 Å². The molecule has 1 N–H and O–H groups in total. The molecule has 0 radical (unpaired) electrons. The van der Waals surface area contributed by atoms with Gasteiger partial charge in [-0.2, -0.15) is 16.9 Å². The van der Waals surface area contributed by atoms with Gasteiger partial charge < -0.3 is 5.32 Å². The van der Waals surface area contributed by atoms with Gasteiger partial charge in [-0.1, -0.05) is 29.8 Å². The zero-order chi connectivity index (χ0) is 17.6. The highest BCUT2D eigenvalue weighted by Gasteiger charge is 2.53. The van der Waals surface area contributed by atoms with Gasteiger partial charge in [-0.15, -0.1) is 0 Å². The maximum atomic E-state index is 12.8. The molecule has 0 bridgehead atoms. The number of hydrogen-bond acceptors (Lipinski definition) is 4. The van der Waals surface area contributed by atoms with Crippen LogP contribution < -0.4 is 5.32 Å². The average molecular weight is 377 g/mol. The third kappa shape index (κ3) is 2.62. The second-order valence-electron chi connectivity index (χ2n) is 6.31. The summed E-state index contributed by atoms with van der Waals surface area (Å²) in [5, 5.41) is 7.77. The van der Waals surface area contributed by atoms with Crippen LogP contribution in [-0.2, 0) is 11.3 Å². The first kappa shape index (κ1) is 16.5. The smallest absolute Gasteiger partial charge is 0.322 e. The zero-order valence-corrected chi connectivity index (χ0v) is 15.2. The maximum Gasteiger partial charge on any atom is 0.325 e. The normalized spacial score (nSPS) is 22.9. The van der Waals surface area contributed by atoms with Gasteiger partial charge in [0.25, 0.3) is 5.91 Å². The van der Waals surface area contributed by atoms with Gasteiger partial charge in [-0.25, -0.2) is 9.48 Å². The summed E-state index contributed by atoms with van der Waals surface area (Å²) in [6.45, 7) is 1.97. The molecule has 2 aromatic rings. The van der Waals surface area contributed by atoms with Gasteiger partial charge >= 0.3 is 6.03 Å². The molecule has 2 saturated heterocycles. The van der Waals surface area contributed by atoms with Crippen molar-refractivity contribution in [1.29, 1.82) is 0 Å². The number of para-hydroxylation sites is 1. The van der Waals surface area contributed by atoms with Crippen LogP contribution in [0, 0.1) is 6.92 Å². The van der Waals surface area contributed by atoms with Gasteiger partial charge in [0, 0.05) is 11.3 Å². The Morgan fingerprint density at radius 2 is 2.08 bits per heavy atom. The van der Waals surface area contributed by atoms with Crippen molar-refractivity contribution in [2.24, 2.45) is 0 Å². The van der Waals surface area contributed by atoms with E-state index in [-0.39, 0.29) is 18.5 Å². The molecule has 2 aliphatic heterocycles. The summed E-state index contributed by atoms with van der Waals surface area (Å²) in [6.07, 6.45) is 0.675. The van der Waals surface area contributed by atoms with Crippen LogP contribution in [0.4, 0.5) is 4.79 Å². The number of carbonyl (C=O) groups is 2. The molecule has 0 aliphatic carbocycles. The predicted octanol–water partition coefficient (Wildman–Crippen LogP) is 2.76. The Balaban J connectivity index is 1.64. The van der Waals surface area contributed by atoms with Gasteiger partial charge in [-0.05, 0) is 31.2 Å². The molecule has 1 aromatic carbocycles. The second-order valence-corrected chi connectivity index (χ2v) is 7.77. The van der Waals surface area contributed by atoms with Crippen LogP contribution in [0.3, 0.4) is 0 Å². The molecule has 3 amide bonds. The summed E-state index contributed by atoms with van der Waals surface area (Å²) in [5.41, 5.74) is 1.49. The fraction of sp³-hybridized carbons (Fsp3) is 0.353. The van der Waals surface area contributed by atoms with E-state index in [1.807, 2.05) is 37.3 Å². The molecule has 130 valence electrons. The highest BCUT2D eigenvalue weighted by molar-refractivity contribution is 7.99. The number of nitrogens with one attached hydrogen (secondary N) is 1. The lowest BCUT2D eigenvalue weighted by molar-refractivity contribution is -0.130. The van der Waals surface area contributed by atoms with E-state index in [9.17, 15) is 9.59 Å². The largest absolute Gasteiger partial charge is 0.325 e. The molecule has 6 nitrogen and oxygen atoms in total. The van der Waals surface area contributed by atoms with Crippen molar-refractivity contribution in [2.75, 3.05) is 11.5 Å². The summed E-state index contributed by atoms with van der Waals surface area (Å²) in [7, 11) is 0. The number of aromatic nitrogens is 2. The summed E-state index contributed by atoms with van der Waals surface area (Å²) in [6, 6.07) is 9.18. The van der Waals surface area contributed by atoms with Crippen molar-refractivity contribution >= 4 is 35.3 Å². The van der Waals surface area contributed by atoms with E-state index in [0.717, 1.165) is 11.4 Å². The van der Waals surface area contributed by atoms with Gasteiger partial charge in [0.05, 0.1) is 17.9 Å². The quantitative estimate of drug-likeness (QED) is 0.836. The second kappa shape index (κ2) is 6.07. The lowest BCUT2D eigenvalue weighted by Gasteiger charge is -2.19. The van der Waals surface area contributed by atoms with Crippen molar-refractivity contribution < 1.29 is 9.59 Å². The highest BCUT2D eigenvalue weighted by Crippen LogP contribution is 2.35. The molecular formula is C17H17ClN4O2S. The maximum absolute atomic E-state index is 12.8. The highest BCUT2D eigenvalue weighted by atomic mass is 35.5. The van der Waals surface area contributed by atoms with Crippen LogP contribution in [0.15, 0.2) is 30.3 Å². The molecule has 25 heavy (non-hydrogen) atoms. The Kier molecular flexibility index (Phi) is 4.00. The fourth-order valence-electron chi connectivity index (χ4n) is 3.26. The van der Waals surface area contributed by atoms with Crippen LogP contribution in [0.5, 0.6) is 0 Å². The minimum absolute atomic E-state index is 0.134. The van der Waals surface area contributed by atoms with Crippen LogP contribution in [0.25, 0.3) is 5.69 Å². The number of urea groups is 1. The summed E-state index contributed by atoms with van der Waals surface area (Å²) >= 11 is 8.20. The van der Waals surface area contributed by atoms with Gasteiger partial charge in [0.15, 0.2) is 0 Å². The number of thioether (sulfide) groups is 1. The zero-order valence-electron chi connectivity index (χ0n) is 13.7. The van der Waals surface area contributed by atoms with Crippen molar-refractivity contribution in [2.45, 2.75) is 25.4 Å². The number of nitrogens with zero attached hydrogens (tertiary/aromatic N) is 3. The lowest BCUT2D eigenvalue weighted by atomic mass is 9.99. The molecule has 8 heteroatoms. The van der Waals surface area contributed by atoms with Gasteiger partial charge in [0.1, 0.15) is 10.7 Å². The van der Waals surface area contributed by atoms with Crippen molar-refractivity contribution in [1.82, 2.24) is 20.0 Å². The minimum atomic E-state index is -0.739. The number of imide groups is 1. The summed E-state index contributed by atoms with van der Waals surface area (Å²) in [5.74, 6) is 1.35. The van der Waals surface area contributed by atoms with E-state index in [1.54, 1.807) is 16.4 Å². The molecule has 4 rings (SSSR count). The van der Waals surface area contributed by atoms with Crippen LogP contribution >= 0.6 is 23.4 Å². The average Bonchev–Trinajstić information content (AvgIpc) is 3.25. The lowest BCUT2D eigenvalue weighted by Crippen LogP contribution is -2.46. The van der Waals surface area contributed by atoms with E-state index >= 15 is 0 Å². The number of benzene rings is 1. The molecule has 1 aromatic heterocycles. The molecule has 1 unspecified atom stereocenters. The molecule has 2 fully saturated rings. The first-order chi connectivity index (χ1) is 12.0. The van der Waals surface area contributed by atoms with E-state index in [1.165, 1.54) is 4.90 Å². The van der Waals surface area contributed by atoms with Crippen LogP contribution in [0.2, 0.25) is 5.15 Å². The Bertz CT molecular complexity index is 846. The third-order valence-electron chi connectivity index (χ3n) is 4.71. The topological polar surface area (TPSA) is 67.2 Å². The van der Waals surface area contributed by atoms with E-state index in [2.05, 4.69) is 10.4 Å². The first-order valence-electron chi connectivity index (χ1n) is 8.03. The molecule has 1 spiro atoms. The number of aryl methyl sites for hydroxylation is 1. The standard InChI is InChI=1S/C17H17ClN4O2S/c1-11-13(14(18)22(20-11)12-5-3-2-4-6-12)9-21-15(23)17(19-16(21)24)7-8-25-10-17/h2-6H,7-10H2,1H3,(H,19,24). The fourth-order valence-corrected chi connectivity index (χ4v) is 4.92. The molecule has 1 atom stereocenters. The molecule has 2 aliphatic rings. The molecule has 3 heterocycles. The monoisotopic (exact) mass is 376 g/mol. The van der Waals surface area contributed by atoms with E-state index < -0.39 is 5.54 Å². The number of rotatable bonds is 3. The Morgan fingerprint density at radius 3 is 2.76 bits per heavy atom. The van der Waals surface area contributed by atoms with Gasteiger partial charge in [-0.3, -0.25) is 9.69 Å². The predicted molar refractivity (Wildman–Crippen MR) is 97.1 cm³/mol. The van der Waals surface area contributed by atoms with Crippen molar-refractivity contribution in [3.8, 4) is 5.69 Å². The number of hydrogen-bond donors (Lipinski definition) is 1. The summed E-state index contributed by atoms with van der Waals surface area (Å²) in [4.78, 5) is 26.4. The minimum Gasteiger partial charge on any atom is -0.322 e. The van der Waals surface area contributed by atoms with Crippen molar-refractivity contribution in [3.63, 3.8) is 0 Å². The molecular weight excluding hydrogens is 360 g/mol. The summed E-state index contributed by atoms with van der Waals surface area (Å²) < 4.78 is 1.63. The van der Waals surface area contributed by atoms with Gasteiger partial charge in [0.2, 0.25) is 0 Å². The molecule has 0 saturated carbocycles. The number of carbonyl (C=O) groups excluding carboxylic acids is 2. The van der Waals surface area contributed by atoms with Crippen LogP contribution in [-0.4, -0.2) is 43.7 Å². The SMILES string of the molecule is Cc1nn(-c2ccccc2)c(Cl)c1CN1C(=O)NC2(CCSC2)C1=O. The van der Waals surface area contributed by atoms with Crippen molar-refractivity contribution in [3.05, 3.63) is 46.7 Å².